The molecule has 0 atom stereocenters. The maximum atomic E-state index is 12.5. The van der Waals surface area contributed by atoms with Crippen molar-refractivity contribution in [3.8, 4) is 5.82 Å². The molecular weight excluding hydrogens is 386 g/mol. The number of fused-ring (bicyclic) bond motifs is 1. The van der Waals surface area contributed by atoms with Crippen LogP contribution in [0.1, 0.15) is 21.1 Å². The number of hydrogen-bond donors (Lipinski definition) is 2. The Kier molecular flexibility index (Phi) is 4.46. The Bertz CT molecular complexity index is 1120. The topological polar surface area (TPSA) is 112 Å². The van der Waals surface area contributed by atoms with Gasteiger partial charge in [-0.1, -0.05) is 23.7 Å². The van der Waals surface area contributed by atoms with E-state index >= 15 is 0 Å². The largest absolute Gasteiger partial charge is 0.382 e. The molecule has 3 aromatic heterocycles. The van der Waals surface area contributed by atoms with Gasteiger partial charge >= 0.3 is 0 Å². The summed E-state index contributed by atoms with van der Waals surface area (Å²) < 4.78 is 2.52. The number of carbonyl (C=O) groups is 1. The third-order valence-corrected chi connectivity index (χ3v) is 5.04. The van der Waals surface area contributed by atoms with Crippen LogP contribution >= 0.6 is 22.9 Å². The van der Waals surface area contributed by atoms with E-state index < -0.39 is 5.91 Å². The van der Waals surface area contributed by atoms with E-state index in [2.05, 4.69) is 25.4 Å². The predicted molar refractivity (Wildman–Crippen MR) is 104 cm³/mol. The average Bonchev–Trinajstić information content (AvgIpc) is 3.27. The highest BCUT2D eigenvalue weighted by atomic mass is 35.5. The van der Waals surface area contributed by atoms with Gasteiger partial charge in [0.15, 0.2) is 22.5 Å². The summed E-state index contributed by atoms with van der Waals surface area (Å²) in [6.45, 7) is 2.15. The minimum absolute atomic E-state index is 0.0237. The fraction of sp³-hybridized carbons (Fsp3) is 0.118. The normalized spacial score (nSPS) is 11.0. The summed E-state index contributed by atoms with van der Waals surface area (Å²) >= 11 is 7.69. The summed E-state index contributed by atoms with van der Waals surface area (Å²) in [4.78, 5) is 25.2. The minimum atomic E-state index is -0.468. The lowest BCUT2D eigenvalue weighted by atomic mass is 10.3. The number of benzene rings is 1. The predicted octanol–water partition coefficient (Wildman–Crippen LogP) is 2.75. The van der Waals surface area contributed by atoms with Gasteiger partial charge in [-0.3, -0.25) is 4.79 Å². The maximum absolute atomic E-state index is 12.5. The van der Waals surface area contributed by atoms with E-state index in [1.165, 1.54) is 16.0 Å². The molecule has 27 heavy (non-hydrogen) atoms. The molecule has 3 N–H and O–H groups in total. The van der Waals surface area contributed by atoms with E-state index in [-0.39, 0.29) is 29.0 Å². The van der Waals surface area contributed by atoms with Gasteiger partial charge in [0.25, 0.3) is 5.91 Å². The van der Waals surface area contributed by atoms with Gasteiger partial charge in [-0.15, -0.1) is 11.3 Å². The van der Waals surface area contributed by atoms with Crippen molar-refractivity contribution in [1.29, 1.82) is 0 Å². The molecule has 0 aliphatic heterocycles. The molecule has 10 heteroatoms. The number of anilines is 1. The van der Waals surface area contributed by atoms with Gasteiger partial charge in [0.2, 0.25) is 0 Å². The van der Waals surface area contributed by atoms with Gasteiger partial charge in [0.1, 0.15) is 5.01 Å². The lowest BCUT2D eigenvalue weighted by molar-refractivity contribution is 0.0946. The molecule has 4 aromatic rings. The molecule has 0 bridgehead atoms. The fourth-order valence-electron chi connectivity index (χ4n) is 2.50. The molecule has 0 unspecified atom stereocenters. The van der Waals surface area contributed by atoms with E-state index in [4.69, 9.17) is 17.3 Å². The molecule has 0 saturated heterocycles. The Balaban J connectivity index is 1.53. The number of nitrogens with two attached hydrogens (primary N) is 1. The zero-order chi connectivity index (χ0) is 19.0. The Morgan fingerprint density at radius 1 is 1.30 bits per heavy atom. The molecule has 0 saturated carbocycles. The van der Waals surface area contributed by atoms with E-state index in [0.29, 0.717) is 0 Å². The lowest BCUT2D eigenvalue weighted by Gasteiger charge is -2.08. The molecule has 0 aliphatic rings. The van der Waals surface area contributed by atoms with Crippen LogP contribution in [0.15, 0.2) is 36.7 Å². The number of rotatable bonds is 4. The third-order valence-electron chi connectivity index (χ3n) is 3.75. The number of carbonyl (C=O) groups excluding carboxylic acids is 1. The highest BCUT2D eigenvalue weighted by Crippen LogP contribution is 2.22. The number of aromatic nitrogens is 5. The second kappa shape index (κ2) is 6.93. The fourth-order valence-corrected chi connectivity index (χ4v) is 3.62. The summed E-state index contributed by atoms with van der Waals surface area (Å²) in [7, 11) is 0. The van der Waals surface area contributed by atoms with E-state index in [1.807, 2.05) is 31.2 Å². The number of thiazole rings is 1. The number of halogens is 1. The van der Waals surface area contributed by atoms with Crippen LogP contribution in [0.5, 0.6) is 0 Å². The van der Waals surface area contributed by atoms with E-state index in [0.717, 1.165) is 20.8 Å². The summed E-state index contributed by atoms with van der Waals surface area (Å²) in [6.07, 6.45) is 3.40. The van der Waals surface area contributed by atoms with Crippen molar-refractivity contribution in [2.75, 3.05) is 5.73 Å². The molecule has 1 aromatic carbocycles. The number of para-hydroxylation sites is 1. The highest BCUT2D eigenvalue weighted by molar-refractivity contribution is 7.18. The van der Waals surface area contributed by atoms with Gasteiger partial charge in [-0.05, 0) is 24.6 Å². The molecule has 0 spiro atoms. The number of nitrogens with one attached hydrogen (secondary N) is 1. The molecule has 1 amide bonds. The van der Waals surface area contributed by atoms with Crippen LogP contribution in [-0.4, -0.2) is 30.6 Å². The van der Waals surface area contributed by atoms with Crippen molar-refractivity contribution in [2.24, 2.45) is 0 Å². The Morgan fingerprint density at radius 3 is 2.85 bits per heavy atom. The van der Waals surface area contributed by atoms with Crippen LogP contribution in [0.4, 0.5) is 5.82 Å². The molecule has 0 radical (unpaired) electrons. The van der Waals surface area contributed by atoms with Gasteiger partial charge in [0, 0.05) is 6.20 Å². The van der Waals surface area contributed by atoms with Crippen LogP contribution in [0.3, 0.4) is 0 Å². The van der Waals surface area contributed by atoms with Crippen LogP contribution in [0.2, 0.25) is 5.15 Å². The molecule has 8 nitrogen and oxygen atoms in total. The zero-order valence-corrected chi connectivity index (χ0v) is 15.8. The monoisotopic (exact) mass is 399 g/mol. The van der Waals surface area contributed by atoms with Crippen molar-refractivity contribution >= 4 is 44.9 Å². The number of hydrogen-bond acceptors (Lipinski definition) is 7. The van der Waals surface area contributed by atoms with Crippen LogP contribution in [0, 0.1) is 6.92 Å². The van der Waals surface area contributed by atoms with Crippen molar-refractivity contribution in [1.82, 2.24) is 30.0 Å². The first-order chi connectivity index (χ1) is 13.0. The number of nitrogen functional groups attached to an aromatic ring is 1. The molecule has 136 valence electrons. The summed E-state index contributed by atoms with van der Waals surface area (Å²) in [5, 5.41) is 7.70. The molecular formula is C17H14ClN7OS. The summed E-state index contributed by atoms with van der Waals surface area (Å²) in [5.74, 6) is -0.223. The second-order valence-corrected chi connectivity index (χ2v) is 7.27. The zero-order valence-electron chi connectivity index (χ0n) is 14.2. The smallest absolute Gasteiger partial charge is 0.274 e. The van der Waals surface area contributed by atoms with Gasteiger partial charge in [-0.2, -0.15) is 5.10 Å². The van der Waals surface area contributed by atoms with Crippen molar-refractivity contribution < 1.29 is 4.79 Å². The molecule has 4 rings (SSSR count). The van der Waals surface area contributed by atoms with Gasteiger partial charge < -0.3 is 11.1 Å². The first-order valence-electron chi connectivity index (χ1n) is 7.98. The molecule has 0 fully saturated rings. The Labute approximate surface area is 163 Å². The van der Waals surface area contributed by atoms with Crippen LogP contribution < -0.4 is 11.1 Å². The molecule has 0 aliphatic carbocycles. The van der Waals surface area contributed by atoms with Crippen molar-refractivity contribution in [3.05, 3.63) is 58.1 Å². The SMILES string of the molecule is Cc1cnn(-c2nc(N)c(C(=O)NCc3nc4ccccc4s3)nc2Cl)c1. The van der Waals surface area contributed by atoms with Crippen molar-refractivity contribution in [3.63, 3.8) is 0 Å². The first-order valence-corrected chi connectivity index (χ1v) is 9.18. The van der Waals surface area contributed by atoms with Gasteiger partial charge in [-0.25, -0.2) is 19.6 Å². The average molecular weight is 400 g/mol. The van der Waals surface area contributed by atoms with E-state index in [9.17, 15) is 4.79 Å². The van der Waals surface area contributed by atoms with Gasteiger partial charge in [0.05, 0.1) is 23.0 Å². The van der Waals surface area contributed by atoms with Crippen LogP contribution in [-0.2, 0) is 6.54 Å². The standard InChI is InChI=1S/C17H14ClN7OS/c1-9-6-21-25(8-9)16-14(18)23-13(15(19)24-16)17(26)20-7-12-22-10-4-2-3-5-11(10)27-12/h2-6,8H,7H2,1H3,(H2,19,24)(H,20,26). The van der Waals surface area contributed by atoms with Crippen molar-refractivity contribution in [2.45, 2.75) is 13.5 Å². The van der Waals surface area contributed by atoms with Crippen LogP contribution in [0.25, 0.3) is 16.0 Å². The quantitative estimate of drug-likeness (QED) is 0.545. The maximum Gasteiger partial charge on any atom is 0.274 e. The number of nitrogens with zero attached hydrogens (tertiary/aromatic N) is 5. The Morgan fingerprint density at radius 2 is 2.11 bits per heavy atom. The Hall–Kier alpha value is -3.04. The number of amides is 1. The van der Waals surface area contributed by atoms with E-state index in [1.54, 1.807) is 12.4 Å². The third kappa shape index (κ3) is 3.46. The second-order valence-electron chi connectivity index (χ2n) is 5.79. The summed E-state index contributed by atoms with van der Waals surface area (Å²) in [5.41, 5.74) is 7.72. The molecule has 3 heterocycles. The number of aryl methyl sites for hydroxylation is 1. The lowest BCUT2D eigenvalue weighted by Crippen LogP contribution is -2.26. The highest BCUT2D eigenvalue weighted by Gasteiger charge is 2.18. The minimum Gasteiger partial charge on any atom is -0.382 e. The summed E-state index contributed by atoms with van der Waals surface area (Å²) in [6, 6.07) is 7.78. The first kappa shape index (κ1) is 17.4.